The van der Waals surface area contributed by atoms with Crippen LogP contribution in [0.5, 0.6) is 11.5 Å². The Hall–Kier alpha value is -8.64. The molecule has 0 bridgehead atoms. The second-order valence-corrected chi connectivity index (χ2v) is 25.9. The third-order valence-electron chi connectivity index (χ3n) is 18.3. The second kappa shape index (κ2) is 37.4. The van der Waals surface area contributed by atoms with Crippen molar-refractivity contribution in [3.63, 3.8) is 0 Å². The number of ether oxygens (including phenoxy) is 7. The lowest BCUT2D eigenvalue weighted by Gasteiger charge is -2.46. The van der Waals surface area contributed by atoms with E-state index in [1.165, 1.54) is 29.2 Å². The number of amides is 5. The van der Waals surface area contributed by atoms with Crippen LogP contribution in [0.25, 0.3) is 0 Å². The number of nitrogens with zero attached hydrogens (tertiary/aromatic N) is 3. The largest absolute Gasteiger partial charge is 0.489 e. The van der Waals surface area contributed by atoms with E-state index in [1.807, 2.05) is 30.3 Å². The first-order chi connectivity index (χ1) is 49.9. The van der Waals surface area contributed by atoms with Crippen LogP contribution in [0.1, 0.15) is 40.7 Å². The summed E-state index contributed by atoms with van der Waals surface area (Å²) < 4.78 is 40.8. The zero-order valence-corrected chi connectivity index (χ0v) is 56.6. The molecule has 23 N–H and O–H groups in total. The van der Waals surface area contributed by atoms with Crippen molar-refractivity contribution in [1.29, 1.82) is 0 Å². The van der Waals surface area contributed by atoms with Gasteiger partial charge in [-0.05, 0) is 78.3 Å². The number of aliphatic hydroxyl groups is 11. The van der Waals surface area contributed by atoms with E-state index < -0.39 is 197 Å². The molecule has 22 atom stereocenters. The van der Waals surface area contributed by atoms with Gasteiger partial charge in [-0.3, -0.25) is 34.0 Å². The van der Waals surface area contributed by atoms with Crippen molar-refractivity contribution in [2.24, 2.45) is 27.2 Å². The maximum Gasteiger partial charge on any atom is 0.245 e. The van der Waals surface area contributed by atoms with Crippen molar-refractivity contribution in [2.75, 3.05) is 46.1 Å². The monoisotopic (exact) mass is 1460 g/mol. The predicted octanol–water partition coefficient (Wildman–Crippen LogP) is -7.97. The minimum atomic E-state index is -1.87. The van der Waals surface area contributed by atoms with Gasteiger partial charge in [0, 0.05) is 6.42 Å². The lowest BCUT2D eigenvalue weighted by atomic mass is 9.96. The Morgan fingerprint density at radius 3 is 1.91 bits per heavy atom. The molecule has 5 heterocycles. The molecule has 5 aliphatic heterocycles. The van der Waals surface area contributed by atoms with Crippen molar-refractivity contribution in [3.8, 4) is 11.5 Å². The molecule has 0 aliphatic carbocycles. The number of carbonyl (C=O) groups is 6. The average molecular weight is 1460 g/mol. The summed E-state index contributed by atoms with van der Waals surface area (Å²) in [5, 5.41) is 133. The van der Waals surface area contributed by atoms with Crippen LogP contribution in [0.4, 0.5) is 0 Å². The molecule has 0 spiro atoms. The Morgan fingerprint density at radius 1 is 0.615 bits per heavy atom. The maximum atomic E-state index is 14.3. The van der Waals surface area contributed by atoms with Crippen molar-refractivity contribution in [3.05, 3.63) is 131 Å². The summed E-state index contributed by atoms with van der Waals surface area (Å²) in [6, 6.07) is 20.9. The first-order valence-electron chi connectivity index (χ1n) is 33.7. The quantitative estimate of drug-likeness (QED) is 0.0193. The fraction of sp³-hybridized carbons (Fsp3) is 0.529. The Kier molecular flexibility index (Phi) is 28.6. The second-order valence-electron chi connectivity index (χ2n) is 25.9. The summed E-state index contributed by atoms with van der Waals surface area (Å²) in [4.78, 5) is 91.6. The SMILES string of the molecule is Cc1ccccc1C[C@H](NC(=O)CNC(=O)[C@H](CO)NC(=O)[C@H](CC1CN=C(N)N1C1OC(CO)C(O)C(O)C1O)NC(=O)[C@@H](N)CC1CN=C(N)N1)C(=O)N[C@H](C=O)Cc1ccc(OC2OC(CO)C(OC3OC(COCc4ccc(OCc5ccccc5)cc4)C(O)C(O)C3O)C(O)C2O)cc1. The number of hydrogen-bond acceptors (Lipinski definition) is 31. The van der Waals surface area contributed by atoms with Gasteiger partial charge in [-0.1, -0.05) is 78.9 Å². The predicted molar refractivity (Wildman–Crippen MR) is 362 cm³/mol. The van der Waals surface area contributed by atoms with Crippen LogP contribution in [0.3, 0.4) is 0 Å². The number of aryl methyl sites for hydroxylation is 1. The molecule has 9 rings (SSSR count). The number of aldehydes is 1. The number of aliphatic imine (C=N–C) groups is 2. The van der Waals surface area contributed by atoms with Crippen LogP contribution < -0.4 is 58.6 Å². The number of aliphatic hydroxyl groups excluding tert-OH is 11. The number of carbonyl (C=O) groups excluding carboxylic acids is 6. The van der Waals surface area contributed by atoms with Gasteiger partial charge in [-0.25, -0.2) is 0 Å². The third kappa shape index (κ3) is 20.7. The summed E-state index contributed by atoms with van der Waals surface area (Å²) >= 11 is 0. The van der Waals surface area contributed by atoms with E-state index in [4.69, 9.17) is 50.4 Å². The van der Waals surface area contributed by atoms with Crippen LogP contribution in [-0.4, -0.2) is 289 Å². The zero-order chi connectivity index (χ0) is 74.9. The van der Waals surface area contributed by atoms with Crippen molar-refractivity contribution >= 4 is 47.7 Å². The molecule has 104 heavy (non-hydrogen) atoms. The van der Waals surface area contributed by atoms with Gasteiger partial charge in [0.25, 0.3) is 0 Å². The molecular formula is C68H92N12O24. The standard InChI is InChI=1S/C68H92N12O24/c1-33-7-5-6-10-37(33)20-44(77-50(85)25-72-61(95)46(27-82)79-63(97)45(78-60(94)43(69)21-38-23-73-67(70)76-38)22-40-24-74-68(71)80(40)64-56(91)53(88)51(86)47(28-83)101-64)62(96)75-39(26-81)19-34-11-17-42(18-12-34)100-65-58(93)55(90)59(48(29-84)102-65)104-66-57(92)54(89)52(87)49(103-66)32-98-30-36-13-15-41(16-14-36)99-31-35-8-3-2-4-9-35/h2-18,26,38-40,43-49,51-59,64-66,82-84,86-93H,19-25,27-32,69H2,1H3,(H2,71,74)(H,72,95)(H,75,96)(H,77,85)(H,78,94)(H,79,97)(H3,70,73,76)/t38?,39-,40?,43-,44-,45-,46-,47?,48?,49?,51?,52?,53?,54?,55?,56?,57?,58?,59?,64?,65?,66?/m0/s1. The molecule has 5 amide bonds. The van der Waals surface area contributed by atoms with Crippen molar-refractivity contribution in [2.45, 2.75) is 180 Å². The van der Waals surface area contributed by atoms with Crippen LogP contribution in [0.2, 0.25) is 0 Å². The highest BCUT2D eigenvalue weighted by Gasteiger charge is 2.53. The van der Waals surface area contributed by atoms with Gasteiger partial charge >= 0.3 is 0 Å². The molecule has 3 saturated heterocycles. The van der Waals surface area contributed by atoms with Gasteiger partial charge in [0.05, 0.1) is 76.8 Å². The number of benzene rings is 4. The number of nitrogens with one attached hydrogen (secondary N) is 6. The van der Waals surface area contributed by atoms with E-state index in [1.54, 1.807) is 55.5 Å². The number of hydrogen-bond donors (Lipinski definition) is 20. The Morgan fingerprint density at radius 2 is 1.24 bits per heavy atom. The van der Waals surface area contributed by atoms with Crippen molar-refractivity contribution in [1.82, 2.24) is 36.8 Å². The summed E-state index contributed by atoms with van der Waals surface area (Å²) in [6.07, 6.45) is -25.1. The molecule has 0 aromatic heterocycles. The van der Waals surface area contributed by atoms with E-state index in [-0.39, 0.29) is 63.2 Å². The number of guanidine groups is 2. The third-order valence-corrected chi connectivity index (χ3v) is 18.3. The molecular weight excluding hydrogens is 1370 g/mol. The first-order valence-corrected chi connectivity index (χ1v) is 33.7. The highest BCUT2D eigenvalue weighted by molar-refractivity contribution is 5.95. The normalized spacial score (nSPS) is 28.9. The molecule has 568 valence electrons. The van der Waals surface area contributed by atoms with Crippen LogP contribution in [0.15, 0.2) is 113 Å². The fourth-order valence-corrected chi connectivity index (χ4v) is 12.4. The van der Waals surface area contributed by atoms with Crippen molar-refractivity contribution < 1.29 is 118 Å². The summed E-state index contributed by atoms with van der Waals surface area (Å²) in [5.74, 6) is -4.16. The first kappa shape index (κ1) is 79.5. The minimum Gasteiger partial charge on any atom is -0.489 e. The number of nitrogens with two attached hydrogens (primary N) is 3. The van der Waals surface area contributed by atoms with Crippen LogP contribution in [0, 0.1) is 6.92 Å². The van der Waals surface area contributed by atoms with E-state index >= 15 is 0 Å². The molecule has 36 nitrogen and oxygen atoms in total. The lowest BCUT2D eigenvalue weighted by Crippen LogP contribution is -2.66. The van der Waals surface area contributed by atoms with Crippen LogP contribution >= 0.6 is 0 Å². The Balaban J connectivity index is 0.771. The fourth-order valence-electron chi connectivity index (χ4n) is 12.4. The molecule has 17 unspecified atom stereocenters. The van der Waals surface area contributed by atoms with Crippen LogP contribution in [-0.2, 0) is 78.5 Å². The van der Waals surface area contributed by atoms with Gasteiger partial charge in [0.2, 0.25) is 35.8 Å². The van der Waals surface area contributed by atoms with Gasteiger partial charge in [0.15, 0.2) is 24.4 Å². The van der Waals surface area contributed by atoms with E-state index in [2.05, 4.69) is 41.9 Å². The van der Waals surface area contributed by atoms with Gasteiger partial charge < -0.3 is 148 Å². The zero-order valence-electron chi connectivity index (χ0n) is 56.6. The lowest BCUT2D eigenvalue weighted by molar-refractivity contribution is -0.353. The van der Waals surface area contributed by atoms with E-state index in [0.29, 0.717) is 29.8 Å². The Bertz CT molecular complexity index is 3550. The molecule has 0 radical (unpaired) electrons. The molecule has 4 aromatic rings. The Labute approximate surface area is 596 Å². The summed E-state index contributed by atoms with van der Waals surface area (Å²) in [5.41, 5.74) is 21.8. The molecule has 4 aromatic carbocycles. The molecule has 5 aliphatic rings. The minimum absolute atomic E-state index is 0.00199. The topological polar surface area (TPSA) is 568 Å². The average Bonchev–Trinajstić information content (AvgIpc) is 1.37. The maximum absolute atomic E-state index is 14.3. The molecule has 36 heteroatoms. The molecule has 3 fully saturated rings. The smallest absolute Gasteiger partial charge is 0.245 e. The molecule has 0 saturated carbocycles. The van der Waals surface area contributed by atoms with Gasteiger partial charge in [-0.15, -0.1) is 0 Å². The van der Waals surface area contributed by atoms with E-state index in [9.17, 15) is 84.9 Å². The van der Waals surface area contributed by atoms with Gasteiger partial charge in [-0.2, -0.15) is 0 Å². The highest BCUT2D eigenvalue weighted by atomic mass is 16.7. The highest BCUT2D eigenvalue weighted by Crippen LogP contribution is 2.33. The summed E-state index contributed by atoms with van der Waals surface area (Å²) in [6.45, 7) is -1.51. The number of rotatable bonds is 34. The van der Waals surface area contributed by atoms with Gasteiger partial charge in [0.1, 0.15) is 116 Å². The summed E-state index contributed by atoms with van der Waals surface area (Å²) in [7, 11) is 0. The van der Waals surface area contributed by atoms with E-state index in [0.717, 1.165) is 16.7 Å².